The predicted molar refractivity (Wildman–Crippen MR) is 277 cm³/mol. The second kappa shape index (κ2) is 47.4. The SMILES string of the molecule is CCCCCCCCCC/C=C/C(O)C(COC1OC(CO)C(O)C(O)C1O)NC(=O)CCCCCCCCCCCCCCCCCCC/C=C\CCCCCCCCCCCCCC. The van der Waals surface area contributed by atoms with Gasteiger partial charge in [-0.1, -0.05) is 250 Å². The molecule has 7 unspecified atom stereocenters. The number of amides is 1. The maximum absolute atomic E-state index is 13.0. The van der Waals surface area contributed by atoms with Gasteiger partial charge in [0.25, 0.3) is 0 Å². The van der Waals surface area contributed by atoms with Crippen molar-refractivity contribution in [1.29, 1.82) is 0 Å². The molecule has 1 fully saturated rings. The minimum absolute atomic E-state index is 0.175. The van der Waals surface area contributed by atoms with Crippen LogP contribution in [0.3, 0.4) is 0 Å². The van der Waals surface area contributed by atoms with Gasteiger partial charge >= 0.3 is 0 Å². The Labute approximate surface area is 407 Å². The van der Waals surface area contributed by atoms with Crippen LogP contribution in [0.25, 0.3) is 0 Å². The third kappa shape index (κ3) is 36.6. The Morgan fingerprint density at radius 1 is 0.500 bits per heavy atom. The lowest BCUT2D eigenvalue weighted by Crippen LogP contribution is -2.60. The lowest BCUT2D eigenvalue weighted by molar-refractivity contribution is -0.302. The molecule has 66 heavy (non-hydrogen) atoms. The number of nitrogens with one attached hydrogen (secondary N) is 1. The Kier molecular flexibility index (Phi) is 45.0. The van der Waals surface area contributed by atoms with E-state index in [0.29, 0.717) is 6.42 Å². The van der Waals surface area contributed by atoms with E-state index in [1.54, 1.807) is 6.08 Å². The molecule has 0 saturated carbocycles. The summed E-state index contributed by atoms with van der Waals surface area (Å²) in [5.41, 5.74) is 0. The molecule has 1 aliphatic heterocycles. The largest absolute Gasteiger partial charge is 0.394 e. The van der Waals surface area contributed by atoms with Gasteiger partial charge in [0.05, 0.1) is 25.4 Å². The molecule has 1 heterocycles. The molecule has 390 valence electrons. The highest BCUT2D eigenvalue weighted by Gasteiger charge is 2.44. The number of ether oxygens (including phenoxy) is 2. The van der Waals surface area contributed by atoms with Gasteiger partial charge in [-0.15, -0.1) is 0 Å². The third-order valence-electron chi connectivity index (χ3n) is 13.8. The zero-order chi connectivity index (χ0) is 48.0. The molecule has 0 spiro atoms. The van der Waals surface area contributed by atoms with Gasteiger partial charge in [-0.05, 0) is 44.9 Å². The number of aliphatic hydroxyl groups is 5. The zero-order valence-electron chi connectivity index (χ0n) is 43.2. The topological polar surface area (TPSA) is 149 Å². The van der Waals surface area contributed by atoms with Crippen LogP contribution in [0.1, 0.15) is 277 Å². The van der Waals surface area contributed by atoms with Gasteiger partial charge in [-0.2, -0.15) is 0 Å². The van der Waals surface area contributed by atoms with Gasteiger partial charge in [0, 0.05) is 6.42 Å². The van der Waals surface area contributed by atoms with Gasteiger partial charge in [-0.25, -0.2) is 0 Å². The summed E-state index contributed by atoms with van der Waals surface area (Å²) in [4.78, 5) is 13.0. The second-order valence-electron chi connectivity index (χ2n) is 20.1. The first-order valence-corrected chi connectivity index (χ1v) is 28.6. The molecule has 1 aliphatic rings. The van der Waals surface area contributed by atoms with E-state index in [-0.39, 0.29) is 12.5 Å². The quantitative estimate of drug-likeness (QED) is 0.0261. The normalized spacial score (nSPS) is 19.9. The summed E-state index contributed by atoms with van der Waals surface area (Å²) < 4.78 is 11.2. The summed E-state index contributed by atoms with van der Waals surface area (Å²) in [7, 11) is 0. The Morgan fingerprint density at radius 2 is 0.848 bits per heavy atom. The molecule has 1 amide bonds. The van der Waals surface area contributed by atoms with E-state index in [1.807, 2.05) is 6.08 Å². The third-order valence-corrected chi connectivity index (χ3v) is 13.8. The number of carbonyl (C=O) groups is 1. The van der Waals surface area contributed by atoms with E-state index in [9.17, 15) is 30.3 Å². The van der Waals surface area contributed by atoms with Crippen molar-refractivity contribution in [1.82, 2.24) is 5.32 Å². The van der Waals surface area contributed by atoms with Crippen molar-refractivity contribution >= 4 is 5.91 Å². The van der Waals surface area contributed by atoms with Gasteiger partial charge in [0.15, 0.2) is 6.29 Å². The van der Waals surface area contributed by atoms with Crippen LogP contribution >= 0.6 is 0 Å². The van der Waals surface area contributed by atoms with Crippen LogP contribution in [-0.2, 0) is 14.3 Å². The average Bonchev–Trinajstić information content (AvgIpc) is 3.32. The lowest BCUT2D eigenvalue weighted by atomic mass is 9.99. The molecule has 1 saturated heterocycles. The highest BCUT2D eigenvalue weighted by atomic mass is 16.7. The first-order chi connectivity index (χ1) is 32.3. The van der Waals surface area contributed by atoms with E-state index < -0.39 is 49.5 Å². The molecule has 0 bridgehead atoms. The Hall–Kier alpha value is -1.33. The monoisotopic (exact) mass is 936 g/mol. The number of allylic oxidation sites excluding steroid dienone is 3. The maximum Gasteiger partial charge on any atom is 0.220 e. The number of aliphatic hydroxyl groups excluding tert-OH is 5. The zero-order valence-corrected chi connectivity index (χ0v) is 43.2. The summed E-state index contributed by atoms with van der Waals surface area (Å²) in [6.07, 6.45) is 52.8. The van der Waals surface area contributed by atoms with Gasteiger partial charge in [0.1, 0.15) is 24.4 Å². The van der Waals surface area contributed by atoms with Crippen molar-refractivity contribution in [2.75, 3.05) is 13.2 Å². The lowest BCUT2D eigenvalue weighted by Gasteiger charge is -2.40. The fourth-order valence-electron chi connectivity index (χ4n) is 9.21. The minimum Gasteiger partial charge on any atom is -0.394 e. The van der Waals surface area contributed by atoms with E-state index in [4.69, 9.17) is 9.47 Å². The van der Waals surface area contributed by atoms with E-state index >= 15 is 0 Å². The average molecular weight is 936 g/mol. The molecule has 0 aliphatic carbocycles. The van der Waals surface area contributed by atoms with Crippen LogP contribution in [0.5, 0.6) is 0 Å². The molecule has 9 nitrogen and oxygen atoms in total. The van der Waals surface area contributed by atoms with Crippen LogP contribution in [0.2, 0.25) is 0 Å². The summed E-state index contributed by atoms with van der Waals surface area (Å²) in [6, 6.07) is -0.800. The van der Waals surface area contributed by atoms with Crippen molar-refractivity contribution in [3.05, 3.63) is 24.3 Å². The van der Waals surface area contributed by atoms with Crippen molar-refractivity contribution in [3.63, 3.8) is 0 Å². The molecule has 9 heteroatoms. The molecule has 0 aromatic heterocycles. The molecule has 1 rings (SSSR count). The first-order valence-electron chi connectivity index (χ1n) is 28.6. The van der Waals surface area contributed by atoms with Crippen LogP contribution in [0, 0.1) is 0 Å². The molecule has 0 radical (unpaired) electrons. The molecule has 7 atom stereocenters. The Morgan fingerprint density at radius 3 is 1.23 bits per heavy atom. The summed E-state index contributed by atoms with van der Waals surface area (Å²) in [5.74, 6) is -0.175. The number of hydrogen-bond donors (Lipinski definition) is 6. The predicted octanol–water partition coefficient (Wildman–Crippen LogP) is 13.8. The minimum atomic E-state index is -1.56. The van der Waals surface area contributed by atoms with E-state index in [0.717, 1.165) is 38.5 Å². The van der Waals surface area contributed by atoms with Crippen LogP contribution in [0.15, 0.2) is 24.3 Å². The fourth-order valence-corrected chi connectivity index (χ4v) is 9.21. The number of unbranched alkanes of at least 4 members (excludes halogenated alkanes) is 37. The summed E-state index contributed by atoms with van der Waals surface area (Å²) >= 11 is 0. The standard InChI is InChI=1S/C57H109NO8/c1-3-5-7-9-11-13-15-16-17-18-19-20-21-22-23-24-25-26-27-28-29-30-31-32-33-34-35-36-37-39-41-43-45-47-53(61)58-50(49-65-57-56(64)55(63)54(62)52(48-59)66-57)51(60)46-44-42-40-38-14-12-10-8-6-4-2/h22-23,44,46,50-52,54-57,59-60,62-64H,3-21,24-43,45,47-49H2,1-2H3,(H,58,61)/b23-22-,46-44+. The summed E-state index contributed by atoms with van der Waals surface area (Å²) in [5, 5.41) is 54.2. The second-order valence-corrected chi connectivity index (χ2v) is 20.1. The van der Waals surface area contributed by atoms with Gasteiger partial charge in [0.2, 0.25) is 5.91 Å². The molecule has 0 aromatic carbocycles. The first kappa shape index (κ1) is 62.7. The fraction of sp³-hybridized carbons (Fsp3) is 0.912. The van der Waals surface area contributed by atoms with Crippen molar-refractivity contribution in [2.45, 2.75) is 320 Å². The summed E-state index contributed by atoms with van der Waals surface area (Å²) in [6.45, 7) is 3.77. The van der Waals surface area contributed by atoms with Crippen LogP contribution < -0.4 is 5.32 Å². The Bertz CT molecular complexity index is 1090. The van der Waals surface area contributed by atoms with Crippen molar-refractivity contribution in [2.24, 2.45) is 0 Å². The Balaban J connectivity index is 2.07. The smallest absolute Gasteiger partial charge is 0.220 e. The van der Waals surface area contributed by atoms with Gasteiger partial charge < -0.3 is 40.3 Å². The van der Waals surface area contributed by atoms with E-state index in [2.05, 4.69) is 31.3 Å². The number of hydrogen-bond acceptors (Lipinski definition) is 8. The molecular weight excluding hydrogens is 827 g/mol. The highest BCUT2D eigenvalue weighted by Crippen LogP contribution is 2.23. The molecular formula is C57H109NO8. The van der Waals surface area contributed by atoms with Gasteiger partial charge in [-0.3, -0.25) is 4.79 Å². The highest BCUT2D eigenvalue weighted by molar-refractivity contribution is 5.76. The molecule has 0 aromatic rings. The number of carbonyl (C=O) groups excluding carboxylic acids is 1. The van der Waals surface area contributed by atoms with Crippen molar-refractivity contribution in [3.8, 4) is 0 Å². The van der Waals surface area contributed by atoms with Crippen LogP contribution in [0.4, 0.5) is 0 Å². The van der Waals surface area contributed by atoms with Crippen molar-refractivity contribution < 1.29 is 39.8 Å². The number of rotatable bonds is 49. The van der Waals surface area contributed by atoms with E-state index in [1.165, 1.54) is 218 Å². The molecule has 6 N–H and O–H groups in total. The maximum atomic E-state index is 13.0. The van der Waals surface area contributed by atoms with Crippen LogP contribution in [-0.4, -0.2) is 87.5 Å².